The van der Waals surface area contributed by atoms with E-state index in [-0.39, 0.29) is 5.91 Å². The Hall–Kier alpha value is -2.95. The molecule has 0 fully saturated rings. The summed E-state index contributed by atoms with van der Waals surface area (Å²) >= 11 is 0. The maximum absolute atomic E-state index is 12.2. The average molecular weight is 338 g/mol. The number of anilines is 1. The van der Waals surface area contributed by atoms with E-state index in [2.05, 4.69) is 5.32 Å². The molecule has 0 aromatic heterocycles. The predicted molar refractivity (Wildman–Crippen MR) is 97.7 cm³/mol. The minimum Gasteiger partial charge on any atom is -0.493 e. The van der Waals surface area contributed by atoms with Crippen LogP contribution in [0.15, 0.2) is 60.4 Å². The Labute approximate surface area is 147 Å². The number of carbonyl (C=O) groups is 1. The SMILES string of the molecule is COc1ccc(CCN2C=C(Nc3ccccc3)CC2=O)cc1OC. The molecule has 0 spiro atoms. The van der Waals surface area contributed by atoms with Crippen LogP contribution in [0.2, 0.25) is 0 Å². The number of nitrogens with one attached hydrogen (secondary N) is 1. The van der Waals surface area contributed by atoms with E-state index >= 15 is 0 Å². The van der Waals surface area contributed by atoms with E-state index in [1.54, 1.807) is 19.1 Å². The topological polar surface area (TPSA) is 50.8 Å². The largest absolute Gasteiger partial charge is 0.493 e. The van der Waals surface area contributed by atoms with Crippen molar-refractivity contribution >= 4 is 11.6 Å². The highest BCUT2D eigenvalue weighted by molar-refractivity contribution is 5.83. The molecule has 3 rings (SSSR count). The van der Waals surface area contributed by atoms with Gasteiger partial charge in [-0.05, 0) is 36.2 Å². The molecule has 0 bridgehead atoms. The standard InChI is InChI=1S/C20H22N2O3/c1-24-18-9-8-15(12-19(18)25-2)10-11-22-14-17(13-20(22)23)21-16-6-4-3-5-7-16/h3-9,12,14,21H,10-11,13H2,1-2H3. The van der Waals surface area contributed by atoms with Crippen LogP contribution in [0.3, 0.4) is 0 Å². The molecule has 0 saturated carbocycles. The average Bonchev–Trinajstić information content (AvgIpc) is 2.99. The van der Waals surface area contributed by atoms with Crippen LogP contribution in [-0.2, 0) is 11.2 Å². The number of carbonyl (C=O) groups excluding carboxylic acids is 1. The second-order valence-corrected chi connectivity index (χ2v) is 5.85. The molecule has 5 nitrogen and oxygen atoms in total. The van der Waals surface area contributed by atoms with Gasteiger partial charge in [0.2, 0.25) is 5.91 Å². The summed E-state index contributed by atoms with van der Waals surface area (Å²) in [6.07, 6.45) is 3.05. The predicted octanol–water partition coefficient (Wildman–Crippen LogP) is 3.43. The van der Waals surface area contributed by atoms with Gasteiger partial charge in [0.25, 0.3) is 0 Å². The highest BCUT2D eigenvalue weighted by atomic mass is 16.5. The molecule has 0 unspecified atom stereocenters. The van der Waals surface area contributed by atoms with E-state index in [9.17, 15) is 4.79 Å². The van der Waals surface area contributed by atoms with E-state index in [0.717, 1.165) is 23.4 Å². The molecule has 1 aliphatic heterocycles. The van der Waals surface area contributed by atoms with E-state index in [0.29, 0.717) is 24.5 Å². The van der Waals surface area contributed by atoms with E-state index in [1.807, 2.05) is 54.7 Å². The number of methoxy groups -OCH3 is 2. The van der Waals surface area contributed by atoms with Crippen molar-refractivity contribution in [3.63, 3.8) is 0 Å². The van der Waals surface area contributed by atoms with Crippen LogP contribution in [0.1, 0.15) is 12.0 Å². The molecular weight excluding hydrogens is 316 g/mol. The molecule has 130 valence electrons. The molecular formula is C20H22N2O3. The molecule has 5 heteroatoms. The Bertz CT molecular complexity index is 772. The Morgan fingerprint density at radius 2 is 1.80 bits per heavy atom. The van der Waals surface area contributed by atoms with Gasteiger partial charge in [-0.2, -0.15) is 0 Å². The lowest BCUT2D eigenvalue weighted by atomic mass is 10.1. The maximum atomic E-state index is 12.2. The fraction of sp³-hybridized carbons (Fsp3) is 0.250. The fourth-order valence-electron chi connectivity index (χ4n) is 2.83. The van der Waals surface area contributed by atoms with Crippen LogP contribution >= 0.6 is 0 Å². The van der Waals surface area contributed by atoms with Crippen LogP contribution in [-0.4, -0.2) is 31.6 Å². The molecule has 0 aliphatic carbocycles. The lowest BCUT2D eigenvalue weighted by Crippen LogP contribution is -2.23. The van der Waals surface area contributed by atoms with Crippen molar-refractivity contribution in [1.29, 1.82) is 0 Å². The third kappa shape index (κ3) is 4.12. The Kier molecular flexibility index (Phi) is 5.23. The van der Waals surface area contributed by atoms with Gasteiger partial charge in [-0.3, -0.25) is 4.79 Å². The summed E-state index contributed by atoms with van der Waals surface area (Å²) in [5.74, 6) is 1.52. The monoisotopic (exact) mass is 338 g/mol. The van der Waals surface area contributed by atoms with Gasteiger partial charge < -0.3 is 19.7 Å². The number of para-hydroxylation sites is 1. The minimum absolute atomic E-state index is 0.110. The summed E-state index contributed by atoms with van der Waals surface area (Å²) < 4.78 is 10.6. The first kappa shape index (κ1) is 16.9. The lowest BCUT2D eigenvalue weighted by Gasteiger charge is -2.14. The quantitative estimate of drug-likeness (QED) is 0.840. The van der Waals surface area contributed by atoms with Gasteiger partial charge in [0.1, 0.15) is 0 Å². The number of benzene rings is 2. The van der Waals surface area contributed by atoms with E-state index in [1.165, 1.54) is 0 Å². The number of hydrogen-bond acceptors (Lipinski definition) is 4. The van der Waals surface area contributed by atoms with Crippen LogP contribution in [0, 0.1) is 0 Å². The van der Waals surface area contributed by atoms with Gasteiger partial charge in [0.05, 0.1) is 20.6 Å². The number of hydrogen-bond donors (Lipinski definition) is 1. The Balaban J connectivity index is 1.62. The first-order valence-corrected chi connectivity index (χ1v) is 8.22. The normalized spacial score (nSPS) is 13.6. The number of rotatable bonds is 7. The van der Waals surface area contributed by atoms with Gasteiger partial charge in [0, 0.05) is 24.1 Å². The van der Waals surface area contributed by atoms with Crippen molar-refractivity contribution in [3.8, 4) is 11.5 Å². The zero-order valence-corrected chi connectivity index (χ0v) is 14.5. The summed E-state index contributed by atoms with van der Waals surface area (Å²) in [5.41, 5.74) is 3.01. The first-order valence-electron chi connectivity index (χ1n) is 8.22. The van der Waals surface area contributed by atoms with Crippen molar-refractivity contribution in [2.45, 2.75) is 12.8 Å². The first-order chi connectivity index (χ1) is 12.2. The third-order valence-corrected chi connectivity index (χ3v) is 4.14. The molecule has 1 amide bonds. The van der Waals surface area contributed by atoms with Gasteiger partial charge in [-0.15, -0.1) is 0 Å². The molecule has 0 radical (unpaired) electrons. The summed E-state index contributed by atoms with van der Waals surface area (Å²) in [7, 11) is 3.24. The molecule has 2 aromatic carbocycles. The van der Waals surface area contributed by atoms with Gasteiger partial charge in [-0.25, -0.2) is 0 Å². The number of amides is 1. The lowest BCUT2D eigenvalue weighted by molar-refractivity contribution is -0.126. The molecule has 1 heterocycles. The van der Waals surface area contributed by atoms with Crippen LogP contribution in [0.25, 0.3) is 0 Å². The van der Waals surface area contributed by atoms with Crippen molar-refractivity contribution in [3.05, 3.63) is 66.0 Å². The summed E-state index contributed by atoms with van der Waals surface area (Å²) in [6.45, 7) is 0.633. The fourth-order valence-corrected chi connectivity index (χ4v) is 2.83. The molecule has 2 aromatic rings. The van der Waals surface area contributed by atoms with Crippen LogP contribution in [0.4, 0.5) is 5.69 Å². The Morgan fingerprint density at radius 1 is 1.04 bits per heavy atom. The smallest absolute Gasteiger partial charge is 0.232 e. The van der Waals surface area contributed by atoms with Gasteiger partial charge >= 0.3 is 0 Å². The van der Waals surface area contributed by atoms with Crippen molar-refractivity contribution in [2.24, 2.45) is 0 Å². The highest BCUT2D eigenvalue weighted by Gasteiger charge is 2.21. The summed E-state index contributed by atoms with van der Waals surface area (Å²) in [4.78, 5) is 14.0. The summed E-state index contributed by atoms with van der Waals surface area (Å²) in [6, 6.07) is 15.7. The van der Waals surface area contributed by atoms with Crippen LogP contribution < -0.4 is 14.8 Å². The molecule has 0 saturated heterocycles. The molecule has 0 atom stereocenters. The van der Waals surface area contributed by atoms with Crippen molar-refractivity contribution in [2.75, 3.05) is 26.1 Å². The van der Waals surface area contributed by atoms with E-state index in [4.69, 9.17) is 9.47 Å². The van der Waals surface area contributed by atoms with Crippen molar-refractivity contribution < 1.29 is 14.3 Å². The second kappa shape index (κ2) is 7.75. The molecule has 25 heavy (non-hydrogen) atoms. The third-order valence-electron chi connectivity index (χ3n) is 4.14. The minimum atomic E-state index is 0.110. The number of ether oxygens (including phenoxy) is 2. The van der Waals surface area contributed by atoms with Gasteiger partial charge in [0.15, 0.2) is 11.5 Å². The second-order valence-electron chi connectivity index (χ2n) is 5.85. The van der Waals surface area contributed by atoms with Crippen molar-refractivity contribution in [1.82, 2.24) is 4.90 Å². The highest BCUT2D eigenvalue weighted by Crippen LogP contribution is 2.28. The van der Waals surface area contributed by atoms with Gasteiger partial charge in [-0.1, -0.05) is 24.3 Å². The van der Waals surface area contributed by atoms with E-state index < -0.39 is 0 Å². The molecule has 1 aliphatic rings. The maximum Gasteiger partial charge on any atom is 0.232 e. The summed E-state index contributed by atoms with van der Waals surface area (Å²) in [5, 5.41) is 3.29. The molecule has 1 N–H and O–H groups in total. The number of nitrogens with zero attached hydrogens (tertiary/aromatic N) is 1. The Morgan fingerprint density at radius 3 is 2.52 bits per heavy atom. The van der Waals surface area contributed by atoms with Crippen LogP contribution in [0.5, 0.6) is 11.5 Å². The zero-order chi connectivity index (χ0) is 17.6. The zero-order valence-electron chi connectivity index (χ0n) is 14.5.